The second-order valence-corrected chi connectivity index (χ2v) is 7.58. The Bertz CT molecular complexity index is 287. The zero-order chi connectivity index (χ0) is 14.0. The molecule has 2 fully saturated rings. The van der Waals surface area contributed by atoms with Crippen LogP contribution in [0.15, 0.2) is 0 Å². The monoisotopic (exact) mass is 266 g/mol. The van der Waals surface area contributed by atoms with Gasteiger partial charge in [0.05, 0.1) is 0 Å². The lowest BCUT2D eigenvalue weighted by Gasteiger charge is -2.52. The first-order chi connectivity index (χ1) is 8.97. The number of likely N-dealkylation sites (tertiary alicyclic amines) is 1. The van der Waals surface area contributed by atoms with Crippen LogP contribution in [0.25, 0.3) is 0 Å². The molecule has 0 radical (unpaired) electrons. The van der Waals surface area contributed by atoms with Gasteiger partial charge < -0.3 is 5.32 Å². The molecule has 1 heterocycles. The summed E-state index contributed by atoms with van der Waals surface area (Å²) in [5.41, 5.74) is 0.444. The van der Waals surface area contributed by atoms with Gasteiger partial charge >= 0.3 is 0 Å². The van der Waals surface area contributed by atoms with E-state index in [-0.39, 0.29) is 0 Å². The zero-order valence-corrected chi connectivity index (χ0v) is 13.7. The minimum atomic E-state index is 0.444. The highest BCUT2D eigenvalue weighted by Crippen LogP contribution is 2.40. The lowest BCUT2D eigenvalue weighted by molar-refractivity contribution is -0.00433. The number of piperidine rings is 1. The predicted molar refractivity (Wildman–Crippen MR) is 83.5 cm³/mol. The molecular formula is C17H34N2. The molecule has 2 heteroatoms. The highest BCUT2D eigenvalue weighted by atomic mass is 15.2. The number of likely N-dealkylation sites (N-methyl/N-ethyl adjacent to an activating group) is 1. The summed E-state index contributed by atoms with van der Waals surface area (Å²) in [5.74, 6) is 0.862. The van der Waals surface area contributed by atoms with Gasteiger partial charge in [-0.05, 0) is 57.0 Å². The molecule has 1 N–H and O–H groups in total. The SMILES string of the molecule is CCNC1C(N2CCCC(C)C2C)CCCC1(C)C. The molecule has 1 saturated heterocycles. The molecule has 1 saturated carbocycles. The first kappa shape index (κ1) is 15.3. The minimum absolute atomic E-state index is 0.444. The molecule has 2 aliphatic rings. The Kier molecular flexibility index (Phi) is 4.94. The molecule has 112 valence electrons. The number of hydrogen-bond donors (Lipinski definition) is 1. The lowest BCUT2D eigenvalue weighted by atomic mass is 9.69. The molecule has 2 nitrogen and oxygen atoms in total. The molecule has 0 aromatic heterocycles. The topological polar surface area (TPSA) is 15.3 Å². The van der Waals surface area contributed by atoms with E-state index < -0.39 is 0 Å². The van der Waals surface area contributed by atoms with Crippen molar-refractivity contribution in [2.45, 2.75) is 84.8 Å². The standard InChI is InChI=1S/C17H34N2/c1-6-18-16-15(10-7-11-17(16,4)5)19-12-8-9-13(2)14(19)3/h13-16,18H,6-12H2,1-5H3. The average Bonchev–Trinajstić information content (AvgIpc) is 2.35. The quantitative estimate of drug-likeness (QED) is 0.838. The van der Waals surface area contributed by atoms with Crippen LogP contribution in [0, 0.1) is 11.3 Å². The average molecular weight is 266 g/mol. The van der Waals surface area contributed by atoms with Gasteiger partial charge in [-0.15, -0.1) is 0 Å². The van der Waals surface area contributed by atoms with Crippen molar-refractivity contribution < 1.29 is 0 Å². The summed E-state index contributed by atoms with van der Waals surface area (Å²) in [4.78, 5) is 2.84. The molecular weight excluding hydrogens is 232 g/mol. The van der Waals surface area contributed by atoms with Gasteiger partial charge in [0, 0.05) is 18.1 Å². The predicted octanol–water partition coefficient (Wildman–Crippen LogP) is 3.66. The maximum Gasteiger partial charge on any atom is 0.0274 e. The van der Waals surface area contributed by atoms with Gasteiger partial charge in [-0.25, -0.2) is 0 Å². The van der Waals surface area contributed by atoms with E-state index in [4.69, 9.17) is 0 Å². The fourth-order valence-corrected chi connectivity index (χ4v) is 4.43. The Morgan fingerprint density at radius 3 is 2.58 bits per heavy atom. The molecule has 0 aromatic rings. The van der Waals surface area contributed by atoms with Crippen molar-refractivity contribution in [1.29, 1.82) is 0 Å². The molecule has 0 amide bonds. The molecule has 1 aliphatic heterocycles. The van der Waals surface area contributed by atoms with Crippen molar-refractivity contribution >= 4 is 0 Å². The van der Waals surface area contributed by atoms with Crippen LogP contribution in [-0.4, -0.2) is 36.1 Å². The summed E-state index contributed by atoms with van der Waals surface area (Å²) in [5, 5.41) is 3.82. The van der Waals surface area contributed by atoms with Crippen LogP contribution in [0.1, 0.15) is 66.7 Å². The third kappa shape index (κ3) is 3.16. The van der Waals surface area contributed by atoms with Crippen LogP contribution in [0.3, 0.4) is 0 Å². The summed E-state index contributed by atoms with van der Waals surface area (Å²) in [6.07, 6.45) is 6.97. The van der Waals surface area contributed by atoms with Gasteiger partial charge in [-0.1, -0.05) is 34.1 Å². The Labute approximate surface area is 120 Å². The highest BCUT2D eigenvalue weighted by Gasteiger charge is 2.43. The lowest BCUT2D eigenvalue weighted by Crippen LogP contribution is -2.62. The van der Waals surface area contributed by atoms with Gasteiger partial charge in [0.25, 0.3) is 0 Å². The molecule has 4 atom stereocenters. The fourth-order valence-electron chi connectivity index (χ4n) is 4.43. The van der Waals surface area contributed by atoms with E-state index >= 15 is 0 Å². The van der Waals surface area contributed by atoms with Gasteiger partial charge in [-0.3, -0.25) is 4.90 Å². The summed E-state index contributed by atoms with van der Waals surface area (Å²) >= 11 is 0. The summed E-state index contributed by atoms with van der Waals surface area (Å²) in [6, 6.07) is 2.18. The van der Waals surface area contributed by atoms with E-state index in [9.17, 15) is 0 Å². The number of hydrogen-bond acceptors (Lipinski definition) is 2. The van der Waals surface area contributed by atoms with Crippen molar-refractivity contribution in [1.82, 2.24) is 10.2 Å². The van der Waals surface area contributed by atoms with Crippen molar-refractivity contribution in [3.05, 3.63) is 0 Å². The van der Waals surface area contributed by atoms with Crippen LogP contribution in [-0.2, 0) is 0 Å². The van der Waals surface area contributed by atoms with Gasteiger partial charge in [-0.2, -0.15) is 0 Å². The highest BCUT2D eigenvalue weighted by molar-refractivity contribution is 5.00. The Morgan fingerprint density at radius 1 is 1.16 bits per heavy atom. The van der Waals surface area contributed by atoms with E-state index in [1.54, 1.807) is 0 Å². The van der Waals surface area contributed by atoms with Gasteiger partial charge in [0.2, 0.25) is 0 Å². The number of nitrogens with one attached hydrogen (secondary N) is 1. The third-order valence-electron chi connectivity index (χ3n) is 5.82. The van der Waals surface area contributed by atoms with E-state index in [1.807, 2.05) is 0 Å². The van der Waals surface area contributed by atoms with Crippen LogP contribution in [0.2, 0.25) is 0 Å². The van der Waals surface area contributed by atoms with Crippen LogP contribution < -0.4 is 5.32 Å². The maximum absolute atomic E-state index is 3.82. The summed E-state index contributed by atoms with van der Waals surface area (Å²) < 4.78 is 0. The van der Waals surface area contributed by atoms with E-state index in [0.717, 1.165) is 24.5 Å². The van der Waals surface area contributed by atoms with Crippen molar-refractivity contribution in [3.63, 3.8) is 0 Å². The first-order valence-electron chi connectivity index (χ1n) is 8.46. The summed E-state index contributed by atoms with van der Waals surface area (Å²) in [7, 11) is 0. The fraction of sp³-hybridized carbons (Fsp3) is 1.00. The minimum Gasteiger partial charge on any atom is -0.312 e. The largest absolute Gasteiger partial charge is 0.312 e. The molecule has 0 bridgehead atoms. The summed E-state index contributed by atoms with van der Waals surface area (Å²) in [6.45, 7) is 14.5. The Hall–Kier alpha value is -0.0800. The van der Waals surface area contributed by atoms with E-state index in [1.165, 1.54) is 38.6 Å². The van der Waals surface area contributed by atoms with Crippen LogP contribution in [0.5, 0.6) is 0 Å². The molecule has 1 aliphatic carbocycles. The second-order valence-electron chi connectivity index (χ2n) is 7.58. The third-order valence-corrected chi connectivity index (χ3v) is 5.82. The van der Waals surface area contributed by atoms with Crippen LogP contribution >= 0.6 is 0 Å². The Morgan fingerprint density at radius 2 is 1.89 bits per heavy atom. The normalized spacial score (nSPS) is 40.3. The Balaban J connectivity index is 2.15. The molecule has 0 aromatic carbocycles. The smallest absolute Gasteiger partial charge is 0.0274 e. The van der Waals surface area contributed by atoms with Crippen molar-refractivity contribution in [3.8, 4) is 0 Å². The number of rotatable bonds is 3. The number of nitrogens with zero attached hydrogens (tertiary/aromatic N) is 1. The molecule has 19 heavy (non-hydrogen) atoms. The first-order valence-corrected chi connectivity index (χ1v) is 8.46. The van der Waals surface area contributed by atoms with Gasteiger partial charge in [0.1, 0.15) is 0 Å². The zero-order valence-electron chi connectivity index (χ0n) is 13.7. The second kappa shape index (κ2) is 6.13. The van der Waals surface area contributed by atoms with Crippen LogP contribution in [0.4, 0.5) is 0 Å². The van der Waals surface area contributed by atoms with Crippen molar-refractivity contribution in [2.24, 2.45) is 11.3 Å². The van der Waals surface area contributed by atoms with E-state index in [2.05, 4.69) is 44.8 Å². The molecule has 4 unspecified atom stereocenters. The molecule has 2 rings (SSSR count). The van der Waals surface area contributed by atoms with Crippen molar-refractivity contribution in [2.75, 3.05) is 13.1 Å². The molecule has 0 spiro atoms. The van der Waals surface area contributed by atoms with E-state index in [0.29, 0.717) is 11.5 Å². The van der Waals surface area contributed by atoms with Gasteiger partial charge in [0.15, 0.2) is 0 Å². The maximum atomic E-state index is 3.82.